The third-order valence-corrected chi connectivity index (χ3v) is 3.35. The summed E-state index contributed by atoms with van der Waals surface area (Å²) in [7, 11) is 3.10. The molecule has 0 aliphatic rings. The van der Waals surface area contributed by atoms with Crippen LogP contribution in [-0.2, 0) is 0 Å². The number of benzene rings is 2. The standard InChI is InChI=1S/C18H15NO4/c1-19(2)18(21)23-17-15(20)13-10-6-7-11-14(13)22-16(17)12-8-4-3-5-9-12/h3-11H,1-2H3. The van der Waals surface area contributed by atoms with E-state index in [4.69, 9.17) is 9.15 Å². The molecule has 0 atom stereocenters. The van der Waals surface area contributed by atoms with Crippen LogP contribution in [0.4, 0.5) is 4.79 Å². The first-order valence-electron chi connectivity index (χ1n) is 7.08. The van der Waals surface area contributed by atoms with E-state index in [1.165, 1.54) is 4.90 Å². The van der Waals surface area contributed by atoms with Crippen molar-refractivity contribution in [2.45, 2.75) is 0 Å². The Morgan fingerprint density at radius 1 is 1.00 bits per heavy atom. The molecule has 5 heteroatoms. The Bertz CT molecular complexity index is 913. The molecule has 5 nitrogen and oxygen atoms in total. The van der Waals surface area contributed by atoms with Gasteiger partial charge in [-0.2, -0.15) is 0 Å². The minimum Gasteiger partial charge on any atom is -0.452 e. The molecule has 3 aromatic rings. The zero-order valence-electron chi connectivity index (χ0n) is 12.8. The number of para-hydroxylation sites is 1. The van der Waals surface area contributed by atoms with Crippen molar-refractivity contribution in [2.75, 3.05) is 14.1 Å². The fourth-order valence-electron chi connectivity index (χ4n) is 2.18. The van der Waals surface area contributed by atoms with Gasteiger partial charge in [0.15, 0.2) is 5.76 Å². The predicted molar refractivity (Wildman–Crippen MR) is 87.6 cm³/mol. The summed E-state index contributed by atoms with van der Waals surface area (Å²) >= 11 is 0. The second kappa shape index (κ2) is 5.96. The normalized spacial score (nSPS) is 10.5. The van der Waals surface area contributed by atoms with E-state index < -0.39 is 6.09 Å². The fraction of sp³-hybridized carbons (Fsp3) is 0.111. The predicted octanol–water partition coefficient (Wildman–Crippen LogP) is 3.52. The van der Waals surface area contributed by atoms with Gasteiger partial charge in [-0.1, -0.05) is 42.5 Å². The molecule has 0 fully saturated rings. The highest BCUT2D eigenvalue weighted by Crippen LogP contribution is 2.30. The summed E-state index contributed by atoms with van der Waals surface area (Å²) in [6.07, 6.45) is -0.634. The van der Waals surface area contributed by atoms with Gasteiger partial charge in [0, 0.05) is 19.7 Å². The lowest BCUT2D eigenvalue weighted by Crippen LogP contribution is -2.27. The zero-order chi connectivity index (χ0) is 16.4. The molecule has 0 N–H and O–H groups in total. The largest absolute Gasteiger partial charge is 0.452 e. The minimum atomic E-state index is -0.634. The van der Waals surface area contributed by atoms with Gasteiger partial charge in [0.25, 0.3) is 0 Å². The van der Waals surface area contributed by atoms with E-state index in [0.29, 0.717) is 16.5 Å². The van der Waals surface area contributed by atoms with Crippen LogP contribution in [-0.4, -0.2) is 25.1 Å². The van der Waals surface area contributed by atoms with E-state index >= 15 is 0 Å². The van der Waals surface area contributed by atoms with Crippen LogP contribution in [0.25, 0.3) is 22.3 Å². The second-order valence-electron chi connectivity index (χ2n) is 5.21. The van der Waals surface area contributed by atoms with Gasteiger partial charge < -0.3 is 14.1 Å². The summed E-state index contributed by atoms with van der Waals surface area (Å²) in [5.74, 6) is 0.137. The van der Waals surface area contributed by atoms with Crippen LogP contribution in [0.1, 0.15) is 0 Å². The number of nitrogens with zero attached hydrogens (tertiary/aromatic N) is 1. The number of fused-ring (bicyclic) bond motifs is 1. The van der Waals surface area contributed by atoms with Crippen molar-refractivity contribution in [3.8, 4) is 17.1 Å². The average molecular weight is 309 g/mol. The van der Waals surface area contributed by atoms with Gasteiger partial charge in [-0.3, -0.25) is 4.79 Å². The van der Waals surface area contributed by atoms with Crippen LogP contribution in [0, 0.1) is 0 Å². The highest BCUT2D eigenvalue weighted by atomic mass is 16.6. The molecule has 0 aliphatic carbocycles. The third kappa shape index (κ3) is 2.81. The smallest absolute Gasteiger partial charge is 0.414 e. The molecule has 2 aromatic carbocycles. The van der Waals surface area contributed by atoms with Crippen molar-refractivity contribution >= 4 is 17.1 Å². The zero-order valence-corrected chi connectivity index (χ0v) is 12.8. The molecule has 116 valence electrons. The molecule has 3 rings (SSSR count). The van der Waals surface area contributed by atoms with Crippen molar-refractivity contribution in [1.29, 1.82) is 0 Å². The first-order valence-corrected chi connectivity index (χ1v) is 7.08. The number of rotatable bonds is 2. The molecule has 1 amide bonds. The van der Waals surface area contributed by atoms with Gasteiger partial charge in [0.05, 0.1) is 5.39 Å². The summed E-state index contributed by atoms with van der Waals surface area (Å²) in [5.41, 5.74) is 0.735. The molecule has 0 radical (unpaired) electrons. The molecule has 0 spiro atoms. The molecule has 0 saturated heterocycles. The molecule has 0 bridgehead atoms. The summed E-state index contributed by atoms with van der Waals surface area (Å²) in [5, 5.41) is 0.369. The van der Waals surface area contributed by atoms with Crippen molar-refractivity contribution in [3.63, 3.8) is 0 Å². The van der Waals surface area contributed by atoms with Gasteiger partial charge in [-0.15, -0.1) is 0 Å². The summed E-state index contributed by atoms with van der Waals surface area (Å²) in [6, 6.07) is 16.0. The van der Waals surface area contributed by atoms with Crippen molar-refractivity contribution in [1.82, 2.24) is 4.90 Å². The van der Waals surface area contributed by atoms with E-state index in [2.05, 4.69) is 0 Å². The van der Waals surface area contributed by atoms with Crippen LogP contribution in [0.2, 0.25) is 0 Å². The Kier molecular flexibility index (Phi) is 3.85. The highest BCUT2D eigenvalue weighted by Gasteiger charge is 2.20. The lowest BCUT2D eigenvalue weighted by atomic mass is 10.1. The van der Waals surface area contributed by atoms with Crippen LogP contribution in [0.5, 0.6) is 5.75 Å². The first-order chi connectivity index (χ1) is 11.1. The Hall–Kier alpha value is -3.08. The quantitative estimate of drug-likeness (QED) is 0.726. The fourth-order valence-corrected chi connectivity index (χ4v) is 2.18. The molecule has 0 aliphatic heterocycles. The summed E-state index contributed by atoms with van der Waals surface area (Å²) in [6.45, 7) is 0. The van der Waals surface area contributed by atoms with E-state index in [9.17, 15) is 9.59 Å². The maximum atomic E-state index is 12.7. The average Bonchev–Trinajstić information content (AvgIpc) is 2.57. The Balaban J connectivity index is 2.28. The van der Waals surface area contributed by atoms with E-state index in [-0.39, 0.29) is 16.9 Å². The van der Waals surface area contributed by atoms with Gasteiger partial charge in [-0.25, -0.2) is 4.79 Å². The summed E-state index contributed by atoms with van der Waals surface area (Å²) < 4.78 is 11.1. The number of hydrogen-bond acceptors (Lipinski definition) is 4. The Labute approximate surface area is 132 Å². The van der Waals surface area contributed by atoms with Crippen LogP contribution in [0.3, 0.4) is 0 Å². The lowest BCUT2D eigenvalue weighted by molar-refractivity contribution is 0.171. The minimum absolute atomic E-state index is 0.103. The van der Waals surface area contributed by atoms with Gasteiger partial charge >= 0.3 is 6.09 Å². The molecule has 1 heterocycles. The number of ether oxygens (including phenoxy) is 1. The third-order valence-electron chi connectivity index (χ3n) is 3.35. The number of amides is 1. The van der Waals surface area contributed by atoms with E-state index in [1.807, 2.05) is 18.2 Å². The van der Waals surface area contributed by atoms with Gasteiger partial charge in [0.1, 0.15) is 5.58 Å². The maximum absolute atomic E-state index is 12.7. The number of carbonyl (C=O) groups is 1. The van der Waals surface area contributed by atoms with Crippen LogP contribution < -0.4 is 10.2 Å². The topological polar surface area (TPSA) is 59.8 Å². The molecular formula is C18H15NO4. The molecule has 23 heavy (non-hydrogen) atoms. The van der Waals surface area contributed by atoms with Crippen molar-refractivity contribution in [3.05, 3.63) is 64.8 Å². The monoisotopic (exact) mass is 309 g/mol. The Morgan fingerprint density at radius 2 is 1.65 bits per heavy atom. The van der Waals surface area contributed by atoms with Crippen molar-refractivity contribution < 1.29 is 13.9 Å². The van der Waals surface area contributed by atoms with Crippen molar-refractivity contribution in [2.24, 2.45) is 0 Å². The molecule has 0 saturated carbocycles. The first kappa shape index (κ1) is 14.8. The maximum Gasteiger partial charge on any atom is 0.414 e. The van der Waals surface area contributed by atoms with Gasteiger partial charge in [-0.05, 0) is 12.1 Å². The van der Waals surface area contributed by atoms with Crippen LogP contribution in [0.15, 0.2) is 63.8 Å². The molecule has 1 aromatic heterocycles. The number of carbonyl (C=O) groups excluding carboxylic acids is 1. The van der Waals surface area contributed by atoms with E-state index in [0.717, 1.165) is 0 Å². The van der Waals surface area contributed by atoms with E-state index in [1.54, 1.807) is 50.5 Å². The molecular weight excluding hydrogens is 294 g/mol. The summed E-state index contributed by atoms with van der Waals surface area (Å²) in [4.78, 5) is 25.9. The highest BCUT2D eigenvalue weighted by molar-refractivity contribution is 5.83. The number of hydrogen-bond donors (Lipinski definition) is 0. The van der Waals surface area contributed by atoms with Crippen LogP contribution >= 0.6 is 0 Å². The SMILES string of the molecule is CN(C)C(=O)Oc1c(-c2ccccc2)oc2ccccc2c1=O. The second-order valence-corrected chi connectivity index (χ2v) is 5.21. The van der Waals surface area contributed by atoms with Gasteiger partial charge in [0.2, 0.25) is 11.2 Å². The lowest BCUT2D eigenvalue weighted by Gasteiger charge is -2.13. The molecule has 0 unspecified atom stereocenters. The Morgan fingerprint density at radius 3 is 2.35 bits per heavy atom.